The predicted molar refractivity (Wildman–Crippen MR) is 74.5 cm³/mol. The molecule has 0 spiro atoms. The van der Waals surface area contributed by atoms with Crippen LogP contribution < -0.4 is 5.32 Å². The van der Waals surface area contributed by atoms with Crippen molar-refractivity contribution in [1.82, 2.24) is 4.90 Å². The van der Waals surface area contributed by atoms with Crippen molar-refractivity contribution in [2.45, 2.75) is 32.7 Å². The number of carbonyl (C=O) groups is 1. The van der Waals surface area contributed by atoms with Gasteiger partial charge in [0.25, 0.3) is 0 Å². The number of nitrogens with one attached hydrogen (secondary N) is 1. The second kappa shape index (κ2) is 6.01. The molecule has 1 aliphatic heterocycles. The van der Waals surface area contributed by atoms with Crippen LogP contribution >= 0.6 is 0 Å². The molecule has 1 aromatic carbocycles. The first kappa shape index (κ1) is 13.1. The molecule has 1 aromatic rings. The maximum Gasteiger partial charge on any atom is 0.228 e. The number of para-hydroxylation sites is 1. The van der Waals surface area contributed by atoms with Crippen LogP contribution in [-0.4, -0.2) is 29.9 Å². The number of hydrogen-bond donors (Lipinski definition) is 1. The number of carbonyl (C=O) groups excluding carboxylic acids is 1. The van der Waals surface area contributed by atoms with Gasteiger partial charge in [-0.3, -0.25) is 4.79 Å². The fourth-order valence-corrected chi connectivity index (χ4v) is 2.46. The van der Waals surface area contributed by atoms with Crippen LogP contribution in [0, 0.1) is 5.92 Å². The molecule has 0 radical (unpaired) electrons. The summed E-state index contributed by atoms with van der Waals surface area (Å²) in [5.41, 5.74) is 0.893. The van der Waals surface area contributed by atoms with Crippen LogP contribution in [0.5, 0.6) is 0 Å². The van der Waals surface area contributed by atoms with Gasteiger partial charge < -0.3 is 10.2 Å². The standard InChI is InChI=1S/C15H22N2O/c1-12(2)17-10-6-7-13(11-17)15(18)16-14-8-4-3-5-9-14/h3-5,8-9,12-13H,6-7,10-11H2,1-2H3,(H,16,18)/t13-/m0/s1. The number of rotatable bonds is 3. The van der Waals surface area contributed by atoms with Crippen molar-refractivity contribution in [1.29, 1.82) is 0 Å². The zero-order chi connectivity index (χ0) is 13.0. The summed E-state index contributed by atoms with van der Waals surface area (Å²) < 4.78 is 0. The van der Waals surface area contributed by atoms with Gasteiger partial charge in [-0.15, -0.1) is 0 Å². The molecule has 1 aliphatic rings. The molecule has 18 heavy (non-hydrogen) atoms. The van der Waals surface area contributed by atoms with E-state index in [0.29, 0.717) is 6.04 Å². The Morgan fingerprint density at radius 3 is 2.72 bits per heavy atom. The summed E-state index contributed by atoms with van der Waals surface area (Å²) in [5, 5.41) is 3.01. The molecule has 3 nitrogen and oxygen atoms in total. The molecule has 1 N–H and O–H groups in total. The Kier molecular flexibility index (Phi) is 4.37. The van der Waals surface area contributed by atoms with Crippen LogP contribution in [0.3, 0.4) is 0 Å². The van der Waals surface area contributed by atoms with Crippen LogP contribution in [-0.2, 0) is 4.79 Å². The van der Waals surface area contributed by atoms with Crippen molar-refractivity contribution in [2.75, 3.05) is 18.4 Å². The number of benzene rings is 1. The fourth-order valence-electron chi connectivity index (χ4n) is 2.46. The summed E-state index contributed by atoms with van der Waals surface area (Å²) >= 11 is 0. The van der Waals surface area contributed by atoms with Crippen molar-refractivity contribution in [3.05, 3.63) is 30.3 Å². The molecule has 0 unspecified atom stereocenters. The molecule has 2 rings (SSSR count). The van der Waals surface area contributed by atoms with Gasteiger partial charge in [-0.05, 0) is 45.4 Å². The number of likely N-dealkylation sites (tertiary alicyclic amines) is 1. The van der Waals surface area contributed by atoms with Crippen LogP contribution in [0.15, 0.2) is 30.3 Å². The Morgan fingerprint density at radius 2 is 2.06 bits per heavy atom. The van der Waals surface area contributed by atoms with Gasteiger partial charge in [0, 0.05) is 18.3 Å². The predicted octanol–water partition coefficient (Wildman–Crippen LogP) is 2.75. The summed E-state index contributed by atoms with van der Waals surface area (Å²) in [6, 6.07) is 10.2. The number of hydrogen-bond acceptors (Lipinski definition) is 2. The first-order valence-corrected chi connectivity index (χ1v) is 6.77. The number of piperidine rings is 1. The Balaban J connectivity index is 1.93. The minimum absolute atomic E-state index is 0.126. The van der Waals surface area contributed by atoms with E-state index >= 15 is 0 Å². The SMILES string of the molecule is CC(C)N1CCC[C@H](C(=O)Nc2ccccc2)C1. The number of nitrogens with zero attached hydrogens (tertiary/aromatic N) is 1. The third-order valence-electron chi connectivity index (χ3n) is 3.60. The van der Waals surface area contributed by atoms with E-state index in [9.17, 15) is 4.79 Å². The lowest BCUT2D eigenvalue weighted by atomic mass is 9.96. The molecule has 1 saturated heterocycles. The van der Waals surface area contributed by atoms with Crippen LogP contribution in [0.4, 0.5) is 5.69 Å². The fraction of sp³-hybridized carbons (Fsp3) is 0.533. The molecule has 1 fully saturated rings. The lowest BCUT2D eigenvalue weighted by Gasteiger charge is -2.34. The van der Waals surface area contributed by atoms with E-state index in [4.69, 9.17) is 0 Å². The van der Waals surface area contributed by atoms with Gasteiger partial charge in [-0.25, -0.2) is 0 Å². The highest BCUT2D eigenvalue weighted by Crippen LogP contribution is 2.20. The number of anilines is 1. The molecular formula is C15H22N2O. The summed E-state index contributed by atoms with van der Waals surface area (Å²) in [7, 11) is 0. The Hall–Kier alpha value is -1.35. The third kappa shape index (κ3) is 3.33. The highest BCUT2D eigenvalue weighted by atomic mass is 16.1. The molecule has 0 aromatic heterocycles. The van der Waals surface area contributed by atoms with Gasteiger partial charge in [0.05, 0.1) is 5.92 Å². The molecule has 0 saturated carbocycles. The molecular weight excluding hydrogens is 224 g/mol. The van der Waals surface area contributed by atoms with Gasteiger partial charge in [0.1, 0.15) is 0 Å². The lowest BCUT2D eigenvalue weighted by Crippen LogP contribution is -2.43. The summed E-state index contributed by atoms with van der Waals surface area (Å²) in [6.45, 7) is 6.39. The van der Waals surface area contributed by atoms with E-state index in [1.807, 2.05) is 30.3 Å². The van der Waals surface area contributed by atoms with E-state index in [1.54, 1.807) is 0 Å². The number of amides is 1. The van der Waals surface area contributed by atoms with Crippen molar-refractivity contribution in [2.24, 2.45) is 5.92 Å². The smallest absolute Gasteiger partial charge is 0.228 e. The lowest BCUT2D eigenvalue weighted by molar-refractivity contribution is -0.121. The topological polar surface area (TPSA) is 32.3 Å². The zero-order valence-electron chi connectivity index (χ0n) is 11.2. The second-order valence-electron chi connectivity index (χ2n) is 5.28. The van der Waals surface area contributed by atoms with Crippen LogP contribution in [0.1, 0.15) is 26.7 Å². The zero-order valence-corrected chi connectivity index (χ0v) is 11.2. The molecule has 3 heteroatoms. The quantitative estimate of drug-likeness (QED) is 0.889. The first-order valence-electron chi connectivity index (χ1n) is 6.77. The second-order valence-corrected chi connectivity index (χ2v) is 5.28. The Bertz CT molecular complexity index is 389. The maximum atomic E-state index is 12.2. The minimum atomic E-state index is 0.126. The van der Waals surface area contributed by atoms with Crippen molar-refractivity contribution >= 4 is 11.6 Å². The van der Waals surface area contributed by atoms with Gasteiger partial charge >= 0.3 is 0 Å². The highest BCUT2D eigenvalue weighted by molar-refractivity contribution is 5.92. The van der Waals surface area contributed by atoms with E-state index < -0.39 is 0 Å². The van der Waals surface area contributed by atoms with E-state index in [2.05, 4.69) is 24.1 Å². The summed E-state index contributed by atoms with van der Waals surface area (Å²) in [4.78, 5) is 14.6. The highest BCUT2D eigenvalue weighted by Gasteiger charge is 2.26. The average Bonchev–Trinajstić information content (AvgIpc) is 2.40. The Labute approximate surface area is 109 Å². The normalized spacial score (nSPS) is 20.9. The van der Waals surface area contributed by atoms with E-state index in [-0.39, 0.29) is 11.8 Å². The average molecular weight is 246 g/mol. The maximum absolute atomic E-state index is 12.2. The van der Waals surface area contributed by atoms with Crippen LogP contribution in [0.2, 0.25) is 0 Å². The molecule has 0 bridgehead atoms. The van der Waals surface area contributed by atoms with Crippen molar-refractivity contribution in [3.63, 3.8) is 0 Å². The van der Waals surface area contributed by atoms with Gasteiger partial charge in [-0.2, -0.15) is 0 Å². The van der Waals surface area contributed by atoms with Crippen molar-refractivity contribution in [3.8, 4) is 0 Å². The molecule has 1 amide bonds. The van der Waals surface area contributed by atoms with Crippen molar-refractivity contribution < 1.29 is 4.79 Å². The summed E-state index contributed by atoms with van der Waals surface area (Å²) in [5.74, 6) is 0.285. The van der Waals surface area contributed by atoms with Gasteiger partial charge in [0.2, 0.25) is 5.91 Å². The molecule has 1 heterocycles. The van der Waals surface area contributed by atoms with Gasteiger partial charge in [0.15, 0.2) is 0 Å². The monoisotopic (exact) mass is 246 g/mol. The minimum Gasteiger partial charge on any atom is -0.326 e. The Morgan fingerprint density at radius 1 is 1.33 bits per heavy atom. The molecule has 98 valence electrons. The van der Waals surface area contributed by atoms with Gasteiger partial charge in [-0.1, -0.05) is 18.2 Å². The van der Waals surface area contributed by atoms with E-state index in [1.165, 1.54) is 0 Å². The third-order valence-corrected chi connectivity index (χ3v) is 3.60. The molecule has 1 atom stereocenters. The molecule has 0 aliphatic carbocycles. The first-order chi connectivity index (χ1) is 8.66. The largest absolute Gasteiger partial charge is 0.326 e. The van der Waals surface area contributed by atoms with E-state index in [0.717, 1.165) is 31.6 Å². The van der Waals surface area contributed by atoms with Crippen LogP contribution in [0.25, 0.3) is 0 Å². The summed E-state index contributed by atoms with van der Waals surface area (Å²) in [6.07, 6.45) is 2.12.